The zero-order chi connectivity index (χ0) is 24.2. The molecule has 8 nitrogen and oxygen atoms in total. The number of aliphatic imine (C=N–C) groups is 1. The average molecular weight is 460 g/mol. The SMILES string of the molecule is CCCCCCN(C)C(=O)CCCOc1ccc2c(c1)CN(CC(=O)NCC(C)C)C(N)=N2. The lowest BCUT2D eigenvalue weighted by Gasteiger charge is -2.28. The molecule has 0 aromatic heterocycles. The van der Waals surface area contributed by atoms with Gasteiger partial charge in [0.25, 0.3) is 0 Å². The van der Waals surface area contributed by atoms with Crippen LogP contribution in [0.15, 0.2) is 23.2 Å². The number of carbonyl (C=O) groups excluding carboxylic acids is 2. The van der Waals surface area contributed by atoms with E-state index in [9.17, 15) is 9.59 Å². The maximum Gasteiger partial charge on any atom is 0.239 e. The third kappa shape index (κ3) is 9.32. The number of benzene rings is 1. The van der Waals surface area contributed by atoms with Gasteiger partial charge in [0.2, 0.25) is 11.8 Å². The van der Waals surface area contributed by atoms with Crippen molar-refractivity contribution >= 4 is 23.5 Å². The Morgan fingerprint density at radius 3 is 2.76 bits per heavy atom. The van der Waals surface area contributed by atoms with E-state index in [0.717, 1.165) is 30.0 Å². The Morgan fingerprint density at radius 1 is 1.24 bits per heavy atom. The van der Waals surface area contributed by atoms with Crippen molar-refractivity contribution in [1.82, 2.24) is 15.1 Å². The monoisotopic (exact) mass is 459 g/mol. The van der Waals surface area contributed by atoms with Crippen LogP contribution in [0.1, 0.15) is 64.9 Å². The maximum atomic E-state index is 12.3. The van der Waals surface area contributed by atoms with E-state index in [0.29, 0.717) is 44.4 Å². The molecule has 0 saturated heterocycles. The lowest BCUT2D eigenvalue weighted by atomic mass is 10.1. The molecule has 0 fully saturated rings. The van der Waals surface area contributed by atoms with Crippen molar-refractivity contribution in [3.05, 3.63) is 23.8 Å². The average Bonchev–Trinajstić information content (AvgIpc) is 2.78. The molecule has 0 spiro atoms. The number of hydrogen-bond donors (Lipinski definition) is 2. The van der Waals surface area contributed by atoms with Crippen LogP contribution < -0.4 is 15.8 Å². The van der Waals surface area contributed by atoms with Gasteiger partial charge in [-0.15, -0.1) is 0 Å². The Balaban J connectivity index is 1.78. The molecule has 8 heteroatoms. The predicted molar refractivity (Wildman–Crippen MR) is 132 cm³/mol. The second-order valence-corrected chi connectivity index (χ2v) is 9.14. The lowest BCUT2D eigenvalue weighted by Crippen LogP contribution is -2.45. The van der Waals surface area contributed by atoms with Crippen LogP contribution in [0.4, 0.5) is 5.69 Å². The van der Waals surface area contributed by atoms with Gasteiger partial charge < -0.3 is 25.6 Å². The number of unbranched alkanes of at least 4 members (excludes halogenated alkanes) is 3. The Kier molecular flexibility index (Phi) is 11.0. The molecule has 0 atom stereocenters. The molecule has 0 unspecified atom stereocenters. The summed E-state index contributed by atoms with van der Waals surface area (Å²) in [7, 11) is 1.87. The van der Waals surface area contributed by atoms with E-state index >= 15 is 0 Å². The van der Waals surface area contributed by atoms with Gasteiger partial charge in [-0.2, -0.15) is 0 Å². The zero-order valence-electron chi connectivity index (χ0n) is 20.7. The summed E-state index contributed by atoms with van der Waals surface area (Å²) in [4.78, 5) is 32.4. The molecule has 33 heavy (non-hydrogen) atoms. The second kappa shape index (κ2) is 13.7. The minimum absolute atomic E-state index is 0.0716. The molecule has 1 aromatic rings. The van der Waals surface area contributed by atoms with Crippen LogP contribution >= 0.6 is 0 Å². The fourth-order valence-corrected chi connectivity index (χ4v) is 3.56. The number of nitrogens with two attached hydrogens (primary N) is 1. The Bertz CT molecular complexity index is 809. The fourth-order valence-electron chi connectivity index (χ4n) is 3.56. The number of guanidine groups is 1. The van der Waals surface area contributed by atoms with Gasteiger partial charge in [0.1, 0.15) is 5.75 Å². The van der Waals surface area contributed by atoms with Crippen LogP contribution in [0, 0.1) is 5.92 Å². The number of fused-ring (bicyclic) bond motifs is 1. The number of hydrogen-bond acceptors (Lipinski definition) is 6. The molecule has 2 amide bonds. The first-order valence-electron chi connectivity index (χ1n) is 12.2. The highest BCUT2D eigenvalue weighted by molar-refractivity contribution is 5.88. The molecule has 0 bridgehead atoms. The largest absolute Gasteiger partial charge is 0.494 e. The maximum absolute atomic E-state index is 12.3. The minimum Gasteiger partial charge on any atom is -0.494 e. The predicted octanol–water partition coefficient (Wildman–Crippen LogP) is 3.42. The van der Waals surface area contributed by atoms with Crippen molar-refractivity contribution in [2.45, 2.75) is 65.8 Å². The minimum atomic E-state index is -0.0716. The Labute approximate surface area is 198 Å². The summed E-state index contributed by atoms with van der Waals surface area (Å²) in [6.45, 7) is 8.88. The van der Waals surface area contributed by atoms with E-state index in [-0.39, 0.29) is 18.4 Å². The Morgan fingerprint density at radius 2 is 2.03 bits per heavy atom. The number of rotatable bonds is 14. The molecule has 1 aliphatic rings. The van der Waals surface area contributed by atoms with Crippen molar-refractivity contribution < 1.29 is 14.3 Å². The molecule has 0 aliphatic carbocycles. The zero-order valence-corrected chi connectivity index (χ0v) is 20.7. The van der Waals surface area contributed by atoms with Gasteiger partial charge >= 0.3 is 0 Å². The smallest absolute Gasteiger partial charge is 0.239 e. The second-order valence-electron chi connectivity index (χ2n) is 9.14. The number of carbonyl (C=O) groups is 2. The summed E-state index contributed by atoms with van der Waals surface area (Å²) in [6, 6.07) is 5.68. The molecule has 1 heterocycles. The molecule has 1 aliphatic heterocycles. The van der Waals surface area contributed by atoms with E-state index in [2.05, 4.69) is 31.1 Å². The normalized spacial score (nSPS) is 12.9. The lowest BCUT2D eigenvalue weighted by molar-refractivity contribution is -0.130. The van der Waals surface area contributed by atoms with Crippen LogP contribution in [-0.2, 0) is 16.1 Å². The van der Waals surface area contributed by atoms with Crippen LogP contribution in [0.5, 0.6) is 5.75 Å². The summed E-state index contributed by atoms with van der Waals surface area (Å²) in [5.74, 6) is 1.56. The molecule has 1 aromatic carbocycles. The number of nitrogens with zero attached hydrogens (tertiary/aromatic N) is 3. The van der Waals surface area contributed by atoms with Gasteiger partial charge in [0.05, 0.1) is 18.8 Å². The van der Waals surface area contributed by atoms with Crippen molar-refractivity contribution in [1.29, 1.82) is 0 Å². The molecular formula is C25H41N5O3. The van der Waals surface area contributed by atoms with Crippen LogP contribution in [0.3, 0.4) is 0 Å². The third-order valence-electron chi connectivity index (χ3n) is 5.59. The topological polar surface area (TPSA) is 100 Å². The summed E-state index contributed by atoms with van der Waals surface area (Å²) < 4.78 is 5.88. The van der Waals surface area contributed by atoms with E-state index < -0.39 is 0 Å². The van der Waals surface area contributed by atoms with E-state index in [4.69, 9.17) is 10.5 Å². The molecule has 2 rings (SSSR count). The van der Waals surface area contributed by atoms with E-state index in [1.54, 1.807) is 4.90 Å². The summed E-state index contributed by atoms with van der Waals surface area (Å²) in [5.41, 5.74) is 7.81. The first kappa shape index (κ1) is 26.5. The van der Waals surface area contributed by atoms with E-state index in [1.807, 2.05) is 30.1 Å². The van der Waals surface area contributed by atoms with Crippen molar-refractivity contribution in [2.24, 2.45) is 16.6 Å². The number of ether oxygens (including phenoxy) is 1. The van der Waals surface area contributed by atoms with Crippen molar-refractivity contribution in [2.75, 3.05) is 33.3 Å². The summed E-state index contributed by atoms with van der Waals surface area (Å²) in [6.07, 6.45) is 5.80. The van der Waals surface area contributed by atoms with Gasteiger partial charge in [-0.25, -0.2) is 4.99 Å². The van der Waals surface area contributed by atoms with Crippen LogP contribution in [0.25, 0.3) is 0 Å². The highest BCUT2D eigenvalue weighted by Crippen LogP contribution is 2.29. The molecule has 184 valence electrons. The third-order valence-corrected chi connectivity index (χ3v) is 5.59. The first-order valence-corrected chi connectivity index (χ1v) is 12.2. The van der Waals surface area contributed by atoms with Crippen molar-refractivity contribution in [3.8, 4) is 5.75 Å². The van der Waals surface area contributed by atoms with Crippen LogP contribution in [0.2, 0.25) is 0 Å². The van der Waals surface area contributed by atoms with Gasteiger partial charge in [0.15, 0.2) is 5.96 Å². The van der Waals surface area contributed by atoms with Crippen LogP contribution in [-0.4, -0.2) is 60.9 Å². The molecule has 0 saturated carbocycles. The highest BCUT2D eigenvalue weighted by atomic mass is 16.5. The van der Waals surface area contributed by atoms with Gasteiger partial charge in [-0.05, 0) is 37.0 Å². The quantitative estimate of drug-likeness (QED) is 0.415. The summed E-state index contributed by atoms with van der Waals surface area (Å²) in [5, 5.41) is 2.91. The molecule has 0 radical (unpaired) electrons. The molecule has 3 N–H and O–H groups in total. The van der Waals surface area contributed by atoms with E-state index in [1.165, 1.54) is 19.3 Å². The van der Waals surface area contributed by atoms with Gasteiger partial charge in [0, 0.05) is 38.7 Å². The number of nitrogens with one attached hydrogen (secondary N) is 1. The fraction of sp³-hybridized carbons (Fsp3) is 0.640. The van der Waals surface area contributed by atoms with Gasteiger partial charge in [-0.1, -0.05) is 40.0 Å². The Hall–Kier alpha value is -2.77. The van der Waals surface area contributed by atoms with Crippen molar-refractivity contribution in [3.63, 3.8) is 0 Å². The number of amides is 2. The van der Waals surface area contributed by atoms with Gasteiger partial charge in [-0.3, -0.25) is 9.59 Å². The molecular weight excluding hydrogens is 418 g/mol. The standard InChI is InChI=1S/C25H41N5O3/c1-5-6-7-8-13-29(4)24(32)10-9-14-33-21-11-12-22-20(15-21)17-30(25(26)28-22)18-23(31)27-16-19(2)3/h11-12,15,19H,5-10,13-14,16-18H2,1-4H3,(H2,26,28)(H,27,31). The highest BCUT2D eigenvalue weighted by Gasteiger charge is 2.20. The first-order chi connectivity index (χ1) is 15.8. The summed E-state index contributed by atoms with van der Waals surface area (Å²) >= 11 is 0.